The van der Waals surface area contributed by atoms with Gasteiger partial charge in [0.15, 0.2) is 23.0 Å². The predicted octanol–water partition coefficient (Wildman–Crippen LogP) is 6.06. The number of fused-ring (bicyclic) bond motifs is 10. The van der Waals surface area contributed by atoms with Crippen LogP contribution in [-0.2, 0) is 17.6 Å². The molecule has 0 unspecified atom stereocenters. The molecular weight excluding hydrogens is 725 g/mol. The second kappa shape index (κ2) is 14.8. The van der Waals surface area contributed by atoms with Gasteiger partial charge in [-0.1, -0.05) is 54.5 Å². The molecule has 12 heteroatoms. The molecule has 12 nitrogen and oxygen atoms in total. The van der Waals surface area contributed by atoms with Gasteiger partial charge in [-0.15, -0.1) is 6.42 Å². The number of hydrogen-bond acceptors (Lipinski definition) is 11. The number of nitrogens with one attached hydrogen (secondary N) is 1. The smallest absolute Gasteiger partial charge is 0.407 e. The maximum Gasteiger partial charge on any atom is 0.407 e. The lowest BCUT2D eigenvalue weighted by molar-refractivity contribution is -0.0786. The highest BCUT2D eigenvalue weighted by atomic mass is 16.5. The van der Waals surface area contributed by atoms with Crippen molar-refractivity contribution in [2.24, 2.45) is 0 Å². The molecule has 1 amide bonds. The molecule has 294 valence electrons. The van der Waals surface area contributed by atoms with Gasteiger partial charge in [0, 0.05) is 57.9 Å². The normalized spacial score (nSPS) is 21.7. The summed E-state index contributed by atoms with van der Waals surface area (Å²) in [6.45, 7) is 3.93. The van der Waals surface area contributed by atoms with Gasteiger partial charge in [0.2, 0.25) is 0 Å². The number of nitriles is 1. The number of rotatable bonds is 9. The molecule has 0 saturated carbocycles. The number of carbonyl (C=O) groups is 1. The number of terminal acetylenes is 1. The Morgan fingerprint density at radius 1 is 0.825 bits per heavy atom. The lowest BCUT2D eigenvalue weighted by Gasteiger charge is -2.60. The maximum absolute atomic E-state index is 13.8. The molecule has 0 radical (unpaired) electrons. The van der Waals surface area contributed by atoms with Crippen molar-refractivity contribution >= 4 is 6.09 Å². The number of piperazine rings is 1. The maximum atomic E-state index is 13.8. The molecule has 0 spiro atoms. The molecule has 5 atom stereocenters. The average Bonchev–Trinajstić information content (AvgIpc) is 3.53. The summed E-state index contributed by atoms with van der Waals surface area (Å²) in [6, 6.07) is 15.8. The van der Waals surface area contributed by atoms with Crippen LogP contribution in [0.4, 0.5) is 4.79 Å². The molecule has 3 heterocycles. The first kappa shape index (κ1) is 37.8. The molecule has 8 rings (SSSR count). The molecular formula is C45H46N4O8. The van der Waals surface area contributed by atoms with E-state index < -0.39 is 36.3 Å². The lowest BCUT2D eigenvalue weighted by Crippen LogP contribution is -2.69. The van der Waals surface area contributed by atoms with Crippen LogP contribution >= 0.6 is 0 Å². The number of phenols is 2. The van der Waals surface area contributed by atoms with Gasteiger partial charge in [-0.25, -0.2) is 4.79 Å². The third-order valence-corrected chi connectivity index (χ3v) is 12.5. The van der Waals surface area contributed by atoms with Gasteiger partial charge >= 0.3 is 6.09 Å². The van der Waals surface area contributed by atoms with Crippen molar-refractivity contribution in [2.75, 3.05) is 48.1 Å². The number of phenolic OH excluding ortho intramolecular Hbond substituents is 2. The van der Waals surface area contributed by atoms with E-state index in [9.17, 15) is 20.3 Å². The Kier molecular flexibility index (Phi) is 9.80. The van der Waals surface area contributed by atoms with Crippen molar-refractivity contribution in [3.8, 4) is 64.0 Å². The van der Waals surface area contributed by atoms with Gasteiger partial charge in [0.05, 0.1) is 53.1 Å². The molecule has 0 aromatic heterocycles. The van der Waals surface area contributed by atoms with Crippen LogP contribution in [0.15, 0.2) is 48.5 Å². The first-order chi connectivity index (χ1) is 27.6. The summed E-state index contributed by atoms with van der Waals surface area (Å²) < 4.78 is 29.4. The largest absolute Gasteiger partial charge is 0.504 e. The van der Waals surface area contributed by atoms with Gasteiger partial charge < -0.3 is 39.2 Å². The summed E-state index contributed by atoms with van der Waals surface area (Å²) in [5.74, 6) is 4.17. The quantitative estimate of drug-likeness (QED) is 0.171. The van der Waals surface area contributed by atoms with Crippen LogP contribution < -0.4 is 24.3 Å². The fourth-order valence-corrected chi connectivity index (χ4v) is 10.4. The fourth-order valence-electron chi connectivity index (χ4n) is 10.4. The van der Waals surface area contributed by atoms with Crippen LogP contribution in [0.5, 0.6) is 34.5 Å². The average molecular weight is 771 g/mol. The van der Waals surface area contributed by atoms with Crippen molar-refractivity contribution in [1.82, 2.24) is 15.1 Å². The van der Waals surface area contributed by atoms with E-state index in [4.69, 9.17) is 30.1 Å². The number of methoxy groups -OCH3 is 4. The van der Waals surface area contributed by atoms with E-state index in [1.165, 1.54) is 14.2 Å². The van der Waals surface area contributed by atoms with Crippen molar-refractivity contribution in [3.05, 3.63) is 93.0 Å². The first-order valence-electron chi connectivity index (χ1n) is 19.0. The third-order valence-electron chi connectivity index (χ3n) is 12.5. The summed E-state index contributed by atoms with van der Waals surface area (Å²) >= 11 is 0. The fraction of sp³-hybridized carbons (Fsp3) is 0.378. The van der Waals surface area contributed by atoms with Crippen molar-refractivity contribution in [3.63, 3.8) is 0 Å². The highest BCUT2D eigenvalue weighted by Gasteiger charge is 2.58. The van der Waals surface area contributed by atoms with Crippen LogP contribution in [0.1, 0.15) is 62.5 Å². The van der Waals surface area contributed by atoms with Gasteiger partial charge in [0.25, 0.3) is 0 Å². The lowest BCUT2D eigenvalue weighted by atomic mass is 9.71. The first-order valence-corrected chi connectivity index (χ1v) is 19.0. The van der Waals surface area contributed by atoms with E-state index in [0.29, 0.717) is 57.9 Å². The molecule has 1 fully saturated rings. The minimum atomic E-state index is -0.776. The summed E-state index contributed by atoms with van der Waals surface area (Å²) in [4.78, 5) is 17.9. The molecule has 4 aliphatic rings. The molecule has 3 N–H and O–H groups in total. The molecule has 4 aromatic rings. The number of amides is 1. The molecule has 3 aliphatic heterocycles. The molecule has 1 saturated heterocycles. The third kappa shape index (κ3) is 5.61. The number of alkyl carbamates (subject to hydrolysis) is 1. The highest BCUT2D eigenvalue weighted by Crippen LogP contribution is 2.59. The Balaban J connectivity index is 1.22. The van der Waals surface area contributed by atoms with E-state index in [-0.39, 0.29) is 42.9 Å². The molecule has 1 aliphatic carbocycles. The number of aromatic hydroxyl groups is 2. The van der Waals surface area contributed by atoms with Crippen LogP contribution in [0, 0.1) is 37.5 Å². The number of benzene rings is 4. The summed E-state index contributed by atoms with van der Waals surface area (Å²) in [7, 11) is 6.13. The van der Waals surface area contributed by atoms with E-state index >= 15 is 0 Å². The zero-order valence-electron chi connectivity index (χ0n) is 32.9. The SMILES string of the molecule is C#CCN1[C@@H]2c3c(O)c(OC)c(C)c(OC)c3C[C@H]1[C@H](C#N)N1[C@@H](CNC(=O)OCC3c4ccccc4-c4ccccc43)c3c(O)c(OC)c(C)c(OC)c3C[C@@H]21. The van der Waals surface area contributed by atoms with Crippen LogP contribution in [0.25, 0.3) is 11.1 Å². The Labute approximate surface area is 332 Å². The zero-order chi connectivity index (χ0) is 40.3. The molecule has 4 aromatic carbocycles. The Bertz CT molecular complexity index is 2320. The van der Waals surface area contributed by atoms with Gasteiger partial charge in [-0.3, -0.25) is 9.80 Å². The Hall–Kier alpha value is -6.08. The number of ether oxygens (including phenoxy) is 5. The minimum Gasteiger partial charge on any atom is -0.504 e. The van der Waals surface area contributed by atoms with Crippen LogP contribution in [-0.4, -0.2) is 92.4 Å². The topological polar surface area (TPSA) is 146 Å². The molecule has 2 bridgehead atoms. The summed E-state index contributed by atoms with van der Waals surface area (Å²) in [5.41, 5.74) is 8.25. The second-order valence-corrected chi connectivity index (χ2v) is 15.0. The highest BCUT2D eigenvalue weighted by molar-refractivity contribution is 5.79. The van der Waals surface area contributed by atoms with Crippen molar-refractivity contribution < 1.29 is 38.7 Å². The van der Waals surface area contributed by atoms with E-state index in [1.807, 2.05) is 38.1 Å². The Morgan fingerprint density at radius 3 is 1.89 bits per heavy atom. The van der Waals surface area contributed by atoms with E-state index in [2.05, 4.69) is 51.4 Å². The van der Waals surface area contributed by atoms with Gasteiger partial charge in [-0.05, 0) is 48.9 Å². The zero-order valence-corrected chi connectivity index (χ0v) is 32.9. The van der Waals surface area contributed by atoms with Gasteiger partial charge in [0.1, 0.15) is 24.1 Å². The van der Waals surface area contributed by atoms with Crippen LogP contribution in [0.3, 0.4) is 0 Å². The molecule has 57 heavy (non-hydrogen) atoms. The predicted molar refractivity (Wildman–Crippen MR) is 212 cm³/mol. The summed E-state index contributed by atoms with van der Waals surface area (Å²) in [6.07, 6.45) is 6.01. The van der Waals surface area contributed by atoms with Crippen molar-refractivity contribution in [2.45, 2.75) is 62.8 Å². The van der Waals surface area contributed by atoms with Crippen LogP contribution in [0.2, 0.25) is 0 Å². The monoisotopic (exact) mass is 770 g/mol. The summed E-state index contributed by atoms with van der Waals surface area (Å²) in [5, 5.41) is 38.2. The second-order valence-electron chi connectivity index (χ2n) is 15.0. The van der Waals surface area contributed by atoms with E-state index in [1.54, 1.807) is 14.2 Å². The number of carbonyl (C=O) groups excluding carboxylic acids is 1. The standard InChI is InChI=1S/C45H46N4O8/c1-8-17-48-32-18-30-37(40(51)44(56-7)24(3)42(30)54-5)38(48)33-19-29-36(39(50)43(55-6)23(2)41(29)53-4)35(49(33)34(32)20-46)21-47-45(52)57-22-31-27-15-11-9-13-25(27)26-14-10-12-16-28(26)31/h1,9-16,31-35,38,50-51H,17-19,21-22H2,2-7H3,(H,47,52)/t32-,33-,34-,35-,38-/m0/s1. The number of nitrogens with zero attached hydrogens (tertiary/aromatic N) is 3. The van der Waals surface area contributed by atoms with Gasteiger partial charge in [-0.2, -0.15) is 5.26 Å². The van der Waals surface area contributed by atoms with E-state index in [0.717, 1.165) is 27.8 Å². The Morgan fingerprint density at radius 2 is 1.35 bits per heavy atom. The van der Waals surface area contributed by atoms with Crippen molar-refractivity contribution in [1.29, 1.82) is 5.26 Å². The number of hydrogen-bond donors (Lipinski definition) is 3. The minimum absolute atomic E-state index is 0.0218.